The average molecular weight is 195 g/mol. The van der Waals surface area contributed by atoms with Gasteiger partial charge in [-0.15, -0.1) is 11.3 Å². The van der Waals surface area contributed by atoms with Gasteiger partial charge in [0.15, 0.2) is 5.78 Å². The van der Waals surface area contributed by atoms with E-state index in [1.165, 1.54) is 0 Å². The minimum Gasteiger partial charge on any atom is -0.295 e. The van der Waals surface area contributed by atoms with E-state index < -0.39 is 0 Å². The van der Waals surface area contributed by atoms with Crippen LogP contribution in [-0.2, 0) is 4.79 Å². The number of carbonyl (C=O) groups is 1. The molecule has 0 saturated carbocycles. The van der Waals surface area contributed by atoms with Crippen LogP contribution in [0.15, 0.2) is 12.3 Å². The molecule has 13 heavy (non-hydrogen) atoms. The quantitative estimate of drug-likeness (QED) is 0.694. The number of hydrogen-bond acceptors (Lipinski definition) is 3. The maximum Gasteiger partial charge on any atom is 0.158 e. The first-order valence-corrected chi connectivity index (χ1v) is 5.05. The first-order valence-electron chi connectivity index (χ1n) is 4.24. The van der Waals surface area contributed by atoms with E-state index in [0.717, 1.165) is 9.88 Å². The monoisotopic (exact) mass is 195 g/mol. The van der Waals surface area contributed by atoms with Crippen LogP contribution in [0.5, 0.6) is 0 Å². The molecule has 0 spiro atoms. The lowest BCUT2D eigenvalue weighted by atomic mass is 10.1. The van der Waals surface area contributed by atoms with Gasteiger partial charge in [0.2, 0.25) is 0 Å². The number of ketones is 1. The highest BCUT2D eigenvalue weighted by Gasteiger charge is 2.02. The van der Waals surface area contributed by atoms with Crippen LogP contribution in [-0.4, -0.2) is 10.8 Å². The van der Waals surface area contributed by atoms with Crippen molar-refractivity contribution in [1.29, 1.82) is 0 Å². The molecule has 0 aliphatic heterocycles. The molecule has 0 atom stereocenters. The Morgan fingerprint density at radius 3 is 2.77 bits per heavy atom. The van der Waals surface area contributed by atoms with Gasteiger partial charge in [0.1, 0.15) is 5.01 Å². The van der Waals surface area contributed by atoms with E-state index in [9.17, 15) is 4.79 Å². The zero-order valence-electron chi connectivity index (χ0n) is 8.07. The fourth-order valence-corrected chi connectivity index (χ4v) is 1.47. The number of rotatable bonds is 3. The smallest absolute Gasteiger partial charge is 0.158 e. The molecule has 3 heteroatoms. The summed E-state index contributed by atoms with van der Waals surface area (Å²) in [6.45, 7) is 5.78. The topological polar surface area (TPSA) is 30.0 Å². The number of carbonyl (C=O) groups excluding carboxylic acids is 1. The van der Waals surface area contributed by atoms with Crippen molar-refractivity contribution in [2.75, 3.05) is 0 Å². The molecule has 0 amide bonds. The van der Waals surface area contributed by atoms with Crippen LogP contribution in [0.25, 0.3) is 6.08 Å². The number of hydrogen-bond donors (Lipinski definition) is 0. The Morgan fingerprint density at radius 2 is 2.31 bits per heavy atom. The molecule has 0 saturated heterocycles. The number of aromatic nitrogens is 1. The summed E-state index contributed by atoms with van der Waals surface area (Å²) in [6, 6.07) is 0. The minimum atomic E-state index is 0.0670. The summed E-state index contributed by atoms with van der Waals surface area (Å²) in [5, 5.41) is 0.895. The lowest BCUT2D eigenvalue weighted by Crippen LogP contribution is -2.01. The van der Waals surface area contributed by atoms with Crippen molar-refractivity contribution in [2.24, 2.45) is 5.92 Å². The van der Waals surface area contributed by atoms with Gasteiger partial charge < -0.3 is 0 Å². The van der Waals surface area contributed by atoms with Crippen molar-refractivity contribution < 1.29 is 4.79 Å². The van der Waals surface area contributed by atoms with Crippen LogP contribution >= 0.6 is 11.3 Å². The summed E-state index contributed by atoms with van der Waals surface area (Å²) < 4.78 is 0. The van der Waals surface area contributed by atoms with Crippen LogP contribution in [0.1, 0.15) is 23.7 Å². The summed E-state index contributed by atoms with van der Waals surface area (Å²) in [4.78, 5) is 16.5. The van der Waals surface area contributed by atoms with Gasteiger partial charge in [-0.25, -0.2) is 4.98 Å². The molecule has 70 valence electrons. The average Bonchev–Trinajstić information content (AvgIpc) is 2.47. The van der Waals surface area contributed by atoms with Crippen molar-refractivity contribution >= 4 is 23.2 Å². The third kappa shape index (κ3) is 3.11. The predicted molar refractivity (Wildman–Crippen MR) is 55.7 cm³/mol. The molecule has 0 unspecified atom stereocenters. The molecule has 0 aliphatic carbocycles. The van der Waals surface area contributed by atoms with E-state index in [2.05, 4.69) is 4.98 Å². The molecule has 0 radical (unpaired) electrons. The maximum absolute atomic E-state index is 11.2. The van der Waals surface area contributed by atoms with Gasteiger partial charge >= 0.3 is 0 Å². The van der Waals surface area contributed by atoms with E-state index in [4.69, 9.17) is 0 Å². The Kier molecular flexibility index (Phi) is 3.37. The van der Waals surface area contributed by atoms with Gasteiger partial charge in [0.25, 0.3) is 0 Å². The third-order valence-corrected chi connectivity index (χ3v) is 2.48. The highest BCUT2D eigenvalue weighted by molar-refractivity contribution is 7.12. The summed E-state index contributed by atoms with van der Waals surface area (Å²) in [5.41, 5.74) is 0. The molecule has 0 aliphatic rings. The molecular weight excluding hydrogens is 182 g/mol. The first-order chi connectivity index (χ1) is 6.09. The van der Waals surface area contributed by atoms with Gasteiger partial charge in [-0.3, -0.25) is 4.79 Å². The van der Waals surface area contributed by atoms with Crippen LogP contribution in [0.2, 0.25) is 0 Å². The van der Waals surface area contributed by atoms with Crippen molar-refractivity contribution in [3.05, 3.63) is 22.2 Å². The second-order valence-corrected chi connectivity index (χ2v) is 4.47. The predicted octanol–water partition coefficient (Wildman–Crippen LogP) is 2.69. The second-order valence-electron chi connectivity index (χ2n) is 3.20. The molecule has 0 aromatic carbocycles. The Balaban J connectivity index is 2.64. The summed E-state index contributed by atoms with van der Waals surface area (Å²) >= 11 is 1.59. The molecule has 0 bridgehead atoms. The number of aryl methyl sites for hydroxylation is 1. The Labute approximate surface area is 82.3 Å². The normalized spacial score (nSPS) is 11.4. The van der Waals surface area contributed by atoms with Crippen molar-refractivity contribution in [2.45, 2.75) is 20.8 Å². The molecule has 0 N–H and O–H groups in total. The molecule has 0 fully saturated rings. The first kappa shape index (κ1) is 10.1. The number of nitrogens with zero attached hydrogens (tertiary/aromatic N) is 1. The highest BCUT2D eigenvalue weighted by Crippen LogP contribution is 2.12. The molecule has 1 aromatic rings. The van der Waals surface area contributed by atoms with E-state index in [-0.39, 0.29) is 11.7 Å². The fourth-order valence-electron chi connectivity index (χ4n) is 0.795. The van der Waals surface area contributed by atoms with Gasteiger partial charge in [-0.1, -0.05) is 13.8 Å². The van der Waals surface area contributed by atoms with Gasteiger partial charge in [0.05, 0.1) is 0 Å². The SMILES string of the molecule is Cc1cnc(C=CC(=O)C(C)C)s1. The van der Waals surface area contributed by atoms with E-state index in [1.807, 2.05) is 27.0 Å². The Morgan fingerprint density at radius 1 is 1.62 bits per heavy atom. The number of thiazole rings is 1. The van der Waals surface area contributed by atoms with Crippen molar-refractivity contribution in [3.8, 4) is 0 Å². The van der Waals surface area contributed by atoms with Crippen LogP contribution < -0.4 is 0 Å². The second kappa shape index (κ2) is 4.33. The minimum absolute atomic E-state index is 0.0670. The van der Waals surface area contributed by atoms with E-state index in [1.54, 1.807) is 23.5 Å². The summed E-state index contributed by atoms with van der Waals surface area (Å²) in [5.74, 6) is 0.213. The van der Waals surface area contributed by atoms with E-state index in [0.29, 0.717) is 0 Å². The van der Waals surface area contributed by atoms with Crippen LogP contribution in [0.4, 0.5) is 0 Å². The molecular formula is C10H13NOS. The van der Waals surface area contributed by atoms with Gasteiger partial charge in [-0.2, -0.15) is 0 Å². The van der Waals surface area contributed by atoms with Crippen molar-refractivity contribution in [1.82, 2.24) is 4.98 Å². The molecule has 2 nitrogen and oxygen atoms in total. The molecule has 1 heterocycles. The summed E-state index contributed by atoms with van der Waals surface area (Å²) in [6.07, 6.45) is 5.19. The summed E-state index contributed by atoms with van der Waals surface area (Å²) in [7, 11) is 0. The fraction of sp³-hybridized carbons (Fsp3) is 0.400. The van der Waals surface area contributed by atoms with Crippen molar-refractivity contribution in [3.63, 3.8) is 0 Å². The standard InChI is InChI=1S/C10H13NOS/c1-7(2)9(12)4-5-10-11-6-8(3)13-10/h4-7H,1-3H3. The van der Waals surface area contributed by atoms with Gasteiger partial charge in [-0.05, 0) is 19.1 Å². The van der Waals surface area contributed by atoms with Crippen LogP contribution in [0, 0.1) is 12.8 Å². The highest BCUT2D eigenvalue weighted by atomic mass is 32.1. The number of allylic oxidation sites excluding steroid dienone is 1. The molecule has 1 rings (SSSR count). The van der Waals surface area contributed by atoms with Gasteiger partial charge in [0, 0.05) is 17.0 Å². The third-order valence-electron chi connectivity index (χ3n) is 1.60. The lowest BCUT2D eigenvalue weighted by Gasteiger charge is -1.94. The van der Waals surface area contributed by atoms with E-state index >= 15 is 0 Å². The largest absolute Gasteiger partial charge is 0.295 e. The Hall–Kier alpha value is -0.960. The lowest BCUT2D eigenvalue weighted by molar-refractivity contribution is -0.117. The molecule has 1 aromatic heterocycles. The maximum atomic E-state index is 11.2. The Bertz CT molecular complexity index is 325. The zero-order chi connectivity index (χ0) is 9.84. The zero-order valence-corrected chi connectivity index (χ0v) is 8.89. The van der Waals surface area contributed by atoms with Crippen LogP contribution in [0.3, 0.4) is 0 Å².